The van der Waals surface area contributed by atoms with E-state index in [1.54, 1.807) is 31.2 Å². The van der Waals surface area contributed by atoms with Gasteiger partial charge in [0.2, 0.25) is 0 Å². The number of rotatable bonds is 2. The van der Waals surface area contributed by atoms with Crippen LogP contribution >= 0.6 is 23.2 Å². The molecule has 0 aliphatic heterocycles. The molecular formula is C14H11Cl2FO. The van der Waals surface area contributed by atoms with Gasteiger partial charge in [-0.05, 0) is 36.2 Å². The van der Waals surface area contributed by atoms with Crippen molar-refractivity contribution in [3.8, 4) is 0 Å². The molecule has 0 heterocycles. The van der Waals surface area contributed by atoms with Crippen LogP contribution in [0.1, 0.15) is 22.8 Å². The highest BCUT2D eigenvalue weighted by Crippen LogP contribution is 2.34. The number of hydrogen-bond donors (Lipinski definition) is 1. The Morgan fingerprint density at radius 1 is 1.11 bits per heavy atom. The van der Waals surface area contributed by atoms with Crippen molar-refractivity contribution in [1.29, 1.82) is 0 Å². The van der Waals surface area contributed by atoms with Gasteiger partial charge in [-0.25, -0.2) is 4.39 Å². The lowest BCUT2D eigenvalue weighted by molar-refractivity contribution is 0.219. The van der Waals surface area contributed by atoms with E-state index in [2.05, 4.69) is 0 Å². The topological polar surface area (TPSA) is 20.2 Å². The second-order valence-corrected chi connectivity index (χ2v) is 4.83. The number of hydrogen-bond acceptors (Lipinski definition) is 1. The molecule has 1 atom stereocenters. The van der Waals surface area contributed by atoms with E-state index in [1.807, 2.05) is 0 Å². The Bertz CT molecular complexity index is 582. The summed E-state index contributed by atoms with van der Waals surface area (Å²) in [6, 6.07) is 9.28. The summed E-state index contributed by atoms with van der Waals surface area (Å²) < 4.78 is 13.2. The molecule has 0 saturated carbocycles. The third-order valence-electron chi connectivity index (χ3n) is 2.81. The van der Waals surface area contributed by atoms with Gasteiger partial charge in [-0.15, -0.1) is 0 Å². The fourth-order valence-corrected chi connectivity index (χ4v) is 2.22. The summed E-state index contributed by atoms with van der Waals surface area (Å²) in [6.07, 6.45) is -0.994. The summed E-state index contributed by atoms with van der Waals surface area (Å²) in [7, 11) is 0. The van der Waals surface area contributed by atoms with Crippen molar-refractivity contribution in [3.05, 3.63) is 69.0 Å². The summed E-state index contributed by atoms with van der Waals surface area (Å²) in [6.45, 7) is 1.80. The maximum Gasteiger partial charge on any atom is 0.123 e. The molecule has 0 amide bonds. The van der Waals surface area contributed by atoms with Crippen LogP contribution in [0.3, 0.4) is 0 Å². The molecule has 0 aliphatic rings. The van der Waals surface area contributed by atoms with Gasteiger partial charge in [0.15, 0.2) is 0 Å². The number of aryl methyl sites for hydroxylation is 1. The minimum Gasteiger partial charge on any atom is -0.384 e. The first-order valence-electron chi connectivity index (χ1n) is 5.38. The minimum absolute atomic E-state index is 0.287. The van der Waals surface area contributed by atoms with Gasteiger partial charge in [0.1, 0.15) is 11.9 Å². The van der Waals surface area contributed by atoms with Gasteiger partial charge in [-0.3, -0.25) is 0 Å². The third-order valence-corrected chi connectivity index (χ3v) is 3.65. The van der Waals surface area contributed by atoms with Crippen LogP contribution in [-0.2, 0) is 0 Å². The zero-order valence-electron chi connectivity index (χ0n) is 9.62. The molecule has 0 bridgehead atoms. The Hall–Kier alpha value is -1.09. The van der Waals surface area contributed by atoms with Crippen molar-refractivity contribution in [2.75, 3.05) is 0 Å². The second-order valence-electron chi connectivity index (χ2n) is 4.05. The van der Waals surface area contributed by atoms with Gasteiger partial charge in [0.25, 0.3) is 0 Å². The first-order valence-corrected chi connectivity index (χ1v) is 6.14. The molecule has 1 N–H and O–H groups in total. The SMILES string of the molecule is Cc1ccc(F)cc1C(O)c1cccc(Cl)c1Cl. The van der Waals surface area contributed by atoms with Crippen LogP contribution in [0.4, 0.5) is 4.39 Å². The van der Waals surface area contributed by atoms with Crippen LogP contribution in [0, 0.1) is 12.7 Å². The van der Waals surface area contributed by atoms with E-state index in [1.165, 1.54) is 12.1 Å². The van der Waals surface area contributed by atoms with E-state index >= 15 is 0 Å². The van der Waals surface area contributed by atoms with Crippen molar-refractivity contribution in [2.24, 2.45) is 0 Å². The van der Waals surface area contributed by atoms with E-state index in [9.17, 15) is 9.50 Å². The average molecular weight is 285 g/mol. The van der Waals surface area contributed by atoms with E-state index in [0.717, 1.165) is 5.56 Å². The normalized spacial score (nSPS) is 12.5. The zero-order valence-corrected chi connectivity index (χ0v) is 11.1. The largest absolute Gasteiger partial charge is 0.384 e. The monoisotopic (exact) mass is 284 g/mol. The first kappa shape index (κ1) is 13.3. The van der Waals surface area contributed by atoms with Crippen LogP contribution in [-0.4, -0.2) is 5.11 Å². The van der Waals surface area contributed by atoms with E-state index in [-0.39, 0.29) is 5.02 Å². The predicted octanol–water partition coefficient (Wildman–Crippen LogP) is 4.52. The van der Waals surface area contributed by atoms with Crippen LogP contribution in [0.2, 0.25) is 10.0 Å². The molecule has 1 nitrogen and oxygen atoms in total. The van der Waals surface area contributed by atoms with Crippen LogP contribution in [0.5, 0.6) is 0 Å². The predicted molar refractivity (Wildman–Crippen MR) is 71.7 cm³/mol. The maximum absolute atomic E-state index is 13.2. The van der Waals surface area contributed by atoms with Crippen molar-refractivity contribution >= 4 is 23.2 Å². The van der Waals surface area contributed by atoms with Crippen molar-refractivity contribution in [1.82, 2.24) is 0 Å². The smallest absolute Gasteiger partial charge is 0.123 e. The Morgan fingerprint density at radius 2 is 1.83 bits per heavy atom. The highest BCUT2D eigenvalue weighted by Gasteiger charge is 2.17. The lowest BCUT2D eigenvalue weighted by Crippen LogP contribution is -2.03. The van der Waals surface area contributed by atoms with Gasteiger partial charge >= 0.3 is 0 Å². The average Bonchev–Trinajstić information content (AvgIpc) is 2.35. The van der Waals surface area contributed by atoms with Crippen molar-refractivity contribution in [2.45, 2.75) is 13.0 Å². The standard InChI is InChI=1S/C14H11Cl2FO/c1-8-5-6-9(17)7-11(8)14(18)10-3-2-4-12(15)13(10)16/h2-7,14,18H,1H3. The Morgan fingerprint density at radius 3 is 2.56 bits per heavy atom. The number of aliphatic hydroxyl groups is 1. The summed E-state index contributed by atoms with van der Waals surface area (Å²) in [4.78, 5) is 0. The maximum atomic E-state index is 13.2. The van der Waals surface area contributed by atoms with Gasteiger partial charge in [0, 0.05) is 5.56 Å². The van der Waals surface area contributed by atoms with E-state index < -0.39 is 11.9 Å². The Labute approximate surface area is 115 Å². The quantitative estimate of drug-likeness (QED) is 0.860. The van der Waals surface area contributed by atoms with Crippen LogP contribution in [0.25, 0.3) is 0 Å². The summed E-state index contributed by atoms with van der Waals surface area (Å²) >= 11 is 11.9. The summed E-state index contributed by atoms with van der Waals surface area (Å²) in [5.41, 5.74) is 1.75. The molecule has 94 valence electrons. The Kier molecular flexibility index (Phi) is 3.91. The third kappa shape index (κ3) is 2.51. The number of aliphatic hydroxyl groups excluding tert-OH is 1. The first-order chi connectivity index (χ1) is 8.50. The molecule has 2 aromatic carbocycles. The zero-order chi connectivity index (χ0) is 13.3. The molecule has 4 heteroatoms. The highest BCUT2D eigenvalue weighted by atomic mass is 35.5. The molecule has 2 aromatic rings. The molecule has 2 rings (SSSR count). The summed E-state index contributed by atoms with van der Waals surface area (Å²) in [5.74, 6) is -0.396. The fourth-order valence-electron chi connectivity index (χ4n) is 1.81. The van der Waals surface area contributed by atoms with Gasteiger partial charge in [0.05, 0.1) is 10.0 Å². The van der Waals surface area contributed by atoms with Crippen molar-refractivity contribution < 1.29 is 9.50 Å². The molecule has 0 saturated heterocycles. The summed E-state index contributed by atoms with van der Waals surface area (Å²) in [5, 5.41) is 10.9. The molecular weight excluding hydrogens is 274 g/mol. The second kappa shape index (κ2) is 5.27. The van der Waals surface area contributed by atoms with E-state index in [0.29, 0.717) is 16.1 Å². The van der Waals surface area contributed by atoms with Gasteiger partial charge in [-0.1, -0.05) is 41.4 Å². The van der Waals surface area contributed by atoms with E-state index in [4.69, 9.17) is 23.2 Å². The molecule has 0 aliphatic carbocycles. The molecule has 0 spiro atoms. The Balaban J connectivity index is 2.51. The number of benzene rings is 2. The molecule has 0 fully saturated rings. The van der Waals surface area contributed by atoms with Crippen LogP contribution in [0.15, 0.2) is 36.4 Å². The lowest BCUT2D eigenvalue weighted by atomic mass is 9.97. The van der Waals surface area contributed by atoms with Crippen LogP contribution < -0.4 is 0 Å². The molecule has 1 unspecified atom stereocenters. The fraction of sp³-hybridized carbons (Fsp3) is 0.143. The number of halogens is 3. The van der Waals surface area contributed by atoms with Gasteiger partial charge in [-0.2, -0.15) is 0 Å². The van der Waals surface area contributed by atoms with Crippen molar-refractivity contribution in [3.63, 3.8) is 0 Å². The highest BCUT2D eigenvalue weighted by molar-refractivity contribution is 6.42. The minimum atomic E-state index is -0.994. The lowest BCUT2D eigenvalue weighted by Gasteiger charge is -2.16. The molecule has 18 heavy (non-hydrogen) atoms. The molecule has 0 radical (unpaired) electrons. The van der Waals surface area contributed by atoms with Gasteiger partial charge < -0.3 is 5.11 Å². The molecule has 0 aromatic heterocycles.